The van der Waals surface area contributed by atoms with Crippen molar-refractivity contribution in [1.29, 1.82) is 0 Å². The zero-order valence-corrected chi connectivity index (χ0v) is 18.2. The van der Waals surface area contributed by atoms with Crippen molar-refractivity contribution < 1.29 is 14.7 Å². The molecule has 6 unspecified atom stereocenters. The zero-order chi connectivity index (χ0) is 20.4. The Hall–Kier alpha value is -0.740. The molecule has 1 aliphatic heterocycles. The lowest BCUT2D eigenvalue weighted by Crippen LogP contribution is -2.61. The minimum Gasteiger partial charge on any atom is -0.393 e. The number of aliphatic hydroxyl groups excluding tert-OH is 1. The third-order valence-electron chi connectivity index (χ3n) is 10.7. The number of aliphatic hydroxyl groups is 1. The van der Waals surface area contributed by atoms with Crippen LogP contribution in [0.25, 0.3) is 0 Å². The first-order valence-corrected chi connectivity index (χ1v) is 12.3. The maximum atomic E-state index is 11.5. The molecule has 0 radical (unpaired) electrons. The van der Waals surface area contributed by atoms with Gasteiger partial charge in [-0.3, -0.25) is 9.59 Å². The Kier molecular flexibility index (Phi) is 4.98. The van der Waals surface area contributed by atoms with Crippen molar-refractivity contribution in [3.63, 3.8) is 0 Å². The summed E-state index contributed by atoms with van der Waals surface area (Å²) in [5.74, 6) is 4.84. The summed E-state index contributed by atoms with van der Waals surface area (Å²) >= 11 is 0. The number of hydrogen-bond acceptors (Lipinski definition) is 4. The molecule has 2 N–H and O–H groups in total. The highest BCUT2D eigenvalue weighted by molar-refractivity contribution is 6.24. The maximum absolute atomic E-state index is 11.5. The number of hydrogen-bond donors (Lipinski definition) is 2. The van der Waals surface area contributed by atoms with Crippen molar-refractivity contribution in [2.24, 2.45) is 46.8 Å². The van der Waals surface area contributed by atoms with Crippen molar-refractivity contribution in [3.05, 3.63) is 0 Å². The Morgan fingerprint density at radius 2 is 1.97 bits per heavy atom. The number of Topliss-reactive ketones (excluding diaryl/α,β-unsaturated/α-hetero) is 1. The topological polar surface area (TPSA) is 66.4 Å². The molecular weight excluding hydrogens is 362 g/mol. The second kappa shape index (κ2) is 7.15. The van der Waals surface area contributed by atoms with E-state index in [4.69, 9.17) is 0 Å². The number of aldehydes is 1. The van der Waals surface area contributed by atoms with E-state index in [1.165, 1.54) is 45.1 Å². The molecule has 4 nitrogen and oxygen atoms in total. The number of nitrogens with one attached hydrogen (secondary N) is 1. The quantitative estimate of drug-likeness (QED) is 0.544. The highest BCUT2D eigenvalue weighted by Crippen LogP contribution is 2.68. The van der Waals surface area contributed by atoms with Crippen LogP contribution in [0.1, 0.15) is 78.1 Å². The van der Waals surface area contributed by atoms with Gasteiger partial charge in [0, 0.05) is 12.0 Å². The van der Waals surface area contributed by atoms with Gasteiger partial charge in [-0.25, -0.2) is 0 Å². The summed E-state index contributed by atoms with van der Waals surface area (Å²) in [4.78, 5) is 22.2. The van der Waals surface area contributed by atoms with E-state index < -0.39 is 0 Å². The molecular formula is C25H39NO3. The van der Waals surface area contributed by atoms with Crippen molar-refractivity contribution in [2.75, 3.05) is 6.54 Å². The van der Waals surface area contributed by atoms with E-state index in [-0.39, 0.29) is 11.9 Å². The Morgan fingerprint density at radius 3 is 2.76 bits per heavy atom. The maximum Gasteiger partial charge on any atom is 0.195 e. The van der Waals surface area contributed by atoms with E-state index in [9.17, 15) is 14.7 Å². The van der Waals surface area contributed by atoms with Gasteiger partial charge in [0.25, 0.3) is 0 Å². The van der Waals surface area contributed by atoms with Gasteiger partial charge in [-0.15, -0.1) is 0 Å². The third kappa shape index (κ3) is 2.91. The lowest BCUT2D eigenvalue weighted by atomic mass is 9.44. The van der Waals surface area contributed by atoms with Gasteiger partial charge in [0.1, 0.15) is 0 Å². The summed E-state index contributed by atoms with van der Waals surface area (Å²) < 4.78 is 0. The molecule has 1 saturated heterocycles. The summed E-state index contributed by atoms with van der Waals surface area (Å²) in [6, 6.07) is 0. The van der Waals surface area contributed by atoms with E-state index in [1.807, 2.05) is 0 Å². The fourth-order valence-electron chi connectivity index (χ4n) is 9.40. The van der Waals surface area contributed by atoms with Gasteiger partial charge < -0.3 is 10.4 Å². The van der Waals surface area contributed by atoms with Crippen LogP contribution >= 0.6 is 0 Å². The minimum atomic E-state index is -0.238. The first-order valence-electron chi connectivity index (χ1n) is 12.3. The van der Waals surface area contributed by atoms with Crippen molar-refractivity contribution in [1.82, 2.24) is 5.32 Å². The molecule has 0 aromatic carbocycles. The predicted octanol–water partition coefficient (Wildman–Crippen LogP) is 3.75. The average molecular weight is 402 g/mol. The number of rotatable bonds is 5. The predicted molar refractivity (Wildman–Crippen MR) is 112 cm³/mol. The molecule has 5 aliphatic rings. The molecule has 4 heteroatoms. The van der Waals surface area contributed by atoms with Gasteiger partial charge in [-0.1, -0.05) is 13.8 Å². The average Bonchev–Trinajstić information content (AvgIpc) is 3.28. The SMILES string of the molecule is C[C@H](CCC(=O)C=O)C1CC[C@]23NCC4CC5CC(O)CCC5(C)C(CC[C@H]12)[C@@H]43. The molecule has 0 bridgehead atoms. The Morgan fingerprint density at radius 1 is 1.17 bits per heavy atom. The third-order valence-corrected chi connectivity index (χ3v) is 10.7. The Labute approximate surface area is 175 Å². The summed E-state index contributed by atoms with van der Waals surface area (Å²) in [6.07, 6.45) is 11.5. The number of ketones is 1. The largest absolute Gasteiger partial charge is 0.393 e. The fourth-order valence-corrected chi connectivity index (χ4v) is 9.40. The van der Waals surface area contributed by atoms with Crippen LogP contribution in [0.5, 0.6) is 0 Å². The Bertz CT molecular complexity index is 679. The van der Waals surface area contributed by atoms with Crippen LogP contribution in [0.2, 0.25) is 0 Å². The van der Waals surface area contributed by atoms with Crippen LogP contribution in [0.4, 0.5) is 0 Å². The van der Waals surface area contributed by atoms with E-state index >= 15 is 0 Å². The van der Waals surface area contributed by atoms with Crippen LogP contribution < -0.4 is 5.32 Å². The van der Waals surface area contributed by atoms with Crippen molar-refractivity contribution in [3.8, 4) is 0 Å². The Balaban J connectivity index is 1.38. The molecule has 162 valence electrons. The molecule has 0 amide bonds. The molecule has 5 fully saturated rings. The van der Waals surface area contributed by atoms with Crippen LogP contribution in [-0.2, 0) is 9.59 Å². The lowest BCUT2D eigenvalue weighted by molar-refractivity contribution is -0.130. The van der Waals surface area contributed by atoms with Gasteiger partial charge in [-0.2, -0.15) is 0 Å². The summed E-state index contributed by atoms with van der Waals surface area (Å²) in [5.41, 5.74) is 0.746. The summed E-state index contributed by atoms with van der Waals surface area (Å²) in [5, 5.41) is 14.4. The smallest absolute Gasteiger partial charge is 0.195 e. The zero-order valence-electron chi connectivity index (χ0n) is 18.2. The van der Waals surface area contributed by atoms with Gasteiger partial charge in [-0.05, 0) is 111 Å². The molecule has 1 heterocycles. The molecule has 0 aromatic rings. The first kappa shape index (κ1) is 20.2. The monoisotopic (exact) mass is 401 g/mol. The van der Waals surface area contributed by atoms with Crippen LogP contribution in [0.15, 0.2) is 0 Å². The van der Waals surface area contributed by atoms with Crippen LogP contribution in [0.3, 0.4) is 0 Å². The molecule has 4 saturated carbocycles. The second-order valence-corrected chi connectivity index (χ2v) is 11.7. The molecule has 4 aliphatic carbocycles. The molecule has 10 atom stereocenters. The van der Waals surface area contributed by atoms with Crippen molar-refractivity contribution in [2.45, 2.75) is 89.7 Å². The van der Waals surface area contributed by atoms with E-state index in [0.29, 0.717) is 41.4 Å². The van der Waals surface area contributed by atoms with E-state index in [2.05, 4.69) is 19.2 Å². The highest BCUT2D eigenvalue weighted by Gasteiger charge is 2.67. The highest BCUT2D eigenvalue weighted by atomic mass is 16.3. The van der Waals surface area contributed by atoms with Crippen molar-refractivity contribution >= 4 is 12.1 Å². The first-order chi connectivity index (χ1) is 13.9. The molecule has 5 rings (SSSR count). The van der Waals surface area contributed by atoms with Gasteiger partial charge >= 0.3 is 0 Å². The van der Waals surface area contributed by atoms with Crippen LogP contribution in [-0.4, -0.2) is 35.4 Å². The lowest BCUT2D eigenvalue weighted by Gasteiger charge is -2.61. The number of carbonyl (C=O) groups excluding carboxylic acids is 2. The van der Waals surface area contributed by atoms with Gasteiger partial charge in [0.05, 0.1) is 6.10 Å². The van der Waals surface area contributed by atoms with Crippen LogP contribution in [0, 0.1) is 46.8 Å². The summed E-state index contributed by atoms with van der Waals surface area (Å²) in [6.45, 7) is 6.06. The molecule has 0 aromatic heterocycles. The fraction of sp³-hybridized carbons (Fsp3) is 0.920. The summed E-state index contributed by atoms with van der Waals surface area (Å²) in [7, 11) is 0. The second-order valence-electron chi connectivity index (χ2n) is 11.7. The normalized spacial score (nSPS) is 51.6. The van der Waals surface area contributed by atoms with E-state index in [0.717, 1.165) is 42.9 Å². The number of carbonyl (C=O) groups is 2. The molecule has 29 heavy (non-hydrogen) atoms. The minimum absolute atomic E-state index is 0.0740. The standard InChI is InChI=1S/C25H39NO3/c1-15(3-4-19(29)14-27)20-8-10-25-21(20)5-6-22-23(25)16(13-26-25)11-17-12-18(28)7-9-24(17,22)2/h14-18,20-23,26,28H,3-13H2,1-2H3/t15-,16?,17?,18?,20?,21-,22?,23-,24?,25+/m1/s1. The van der Waals surface area contributed by atoms with Gasteiger partial charge in [0.15, 0.2) is 12.1 Å². The molecule has 1 spiro atoms. The number of fused-ring (bicyclic) bond motifs is 2. The van der Waals surface area contributed by atoms with E-state index in [1.54, 1.807) is 0 Å². The van der Waals surface area contributed by atoms with Gasteiger partial charge in [0.2, 0.25) is 0 Å².